The minimum Gasteiger partial charge on any atom is -0.464 e. The van der Waals surface area contributed by atoms with Crippen molar-refractivity contribution in [2.75, 3.05) is 6.61 Å². The van der Waals surface area contributed by atoms with Crippen LogP contribution in [0.5, 0.6) is 0 Å². The van der Waals surface area contributed by atoms with Crippen molar-refractivity contribution in [3.63, 3.8) is 0 Å². The van der Waals surface area contributed by atoms with Crippen LogP contribution in [-0.4, -0.2) is 37.3 Å². The summed E-state index contributed by atoms with van der Waals surface area (Å²) < 4.78 is 18.2. The molecule has 0 saturated heterocycles. The number of aliphatic hydroxyl groups is 2. The zero-order chi connectivity index (χ0) is 22.4. The van der Waals surface area contributed by atoms with Gasteiger partial charge in [-0.05, 0) is 35.8 Å². The summed E-state index contributed by atoms with van der Waals surface area (Å²) in [5, 5.41) is 20.1. The van der Waals surface area contributed by atoms with Gasteiger partial charge >= 0.3 is 0 Å². The van der Waals surface area contributed by atoms with E-state index >= 15 is 0 Å². The highest BCUT2D eigenvalue weighted by molar-refractivity contribution is 6.74. The highest BCUT2D eigenvalue weighted by atomic mass is 28.4. The lowest BCUT2D eigenvalue weighted by atomic mass is 9.95. The van der Waals surface area contributed by atoms with E-state index < -0.39 is 14.4 Å². The van der Waals surface area contributed by atoms with Gasteiger partial charge in [0.25, 0.3) is 0 Å². The van der Waals surface area contributed by atoms with Crippen LogP contribution < -0.4 is 0 Å². The Hall–Kier alpha value is -1.44. The average molecular weight is 435 g/mol. The molecule has 2 N–H and O–H groups in total. The van der Waals surface area contributed by atoms with Gasteiger partial charge in [-0.1, -0.05) is 58.0 Å². The van der Waals surface area contributed by atoms with Gasteiger partial charge in [0.05, 0.1) is 25.4 Å². The first-order chi connectivity index (χ1) is 14.0. The number of benzene rings is 1. The van der Waals surface area contributed by atoms with E-state index in [-0.39, 0.29) is 23.7 Å². The van der Waals surface area contributed by atoms with Crippen molar-refractivity contribution in [1.82, 2.24) is 0 Å². The fourth-order valence-corrected chi connectivity index (χ4v) is 4.37. The van der Waals surface area contributed by atoms with Crippen LogP contribution in [0.15, 0.2) is 46.9 Å². The zero-order valence-corrected chi connectivity index (χ0v) is 20.2. The Bertz CT molecular complexity index is 750. The monoisotopic (exact) mass is 434 g/mol. The van der Waals surface area contributed by atoms with E-state index in [1.54, 1.807) is 12.1 Å². The molecule has 0 amide bonds. The third-order valence-electron chi connectivity index (χ3n) is 6.12. The molecule has 0 spiro atoms. The summed E-state index contributed by atoms with van der Waals surface area (Å²) in [6.45, 7) is 13.9. The van der Waals surface area contributed by atoms with Crippen LogP contribution in [0.1, 0.15) is 44.8 Å². The Morgan fingerprint density at radius 3 is 2.23 bits per heavy atom. The molecule has 2 rings (SSSR count). The first kappa shape index (κ1) is 24.8. The fraction of sp³-hybridized carbons (Fsp3) is 0.583. The molecular formula is C24H38O5Si. The van der Waals surface area contributed by atoms with Gasteiger partial charge in [-0.2, -0.15) is 0 Å². The fourth-order valence-electron chi connectivity index (χ4n) is 2.97. The molecule has 1 aromatic carbocycles. The Kier molecular flexibility index (Phi) is 8.88. The molecule has 5 nitrogen and oxygen atoms in total. The van der Waals surface area contributed by atoms with E-state index in [1.165, 1.54) is 0 Å². The van der Waals surface area contributed by atoms with E-state index in [2.05, 4.69) is 33.9 Å². The van der Waals surface area contributed by atoms with Crippen LogP contribution in [0.2, 0.25) is 18.1 Å². The summed E-state index contributed by atoms with van der Waals surface area (Å²) in [6.07, 6.45) is -0.494. The Morgan fingerprint density at radius 2 is 1.67 bits per heavy atom. The SMILES string of the molecule is C[C@H]([C@@H](O)Cc1ccc(CO)o1)[C@@H](COCc1ccccc1)O[Si](C)(C)C(C)(C)C. The third kappa shape index (κ3) is 7.06. The second-order valence-corrected chi connectivity index (χ2v) is 14.3. The third-order valence-corrected chi connectivity index (χ3v) is 10.6. The molecule has 0 aliphatic rings. The summed E-state index contributed by atoms with van der Waals surface area (Å²) in [4.78, 5) is 0. The van der Waals surface area contributed by atoms with E-state index in [0.717, 1.165) is 5.56 Å². The van der Waals surface area contributed by atoms with Crippen molar-refractivity contribution >= 4 is 8.32 Å². The molecule has 0 aliphatic carbocycles. The van der Waals surface area contributed by atoms with Crippen LogP contribution in [0, 0.1) is 5.92 Å². The van der Waals surface area contributed by atoms with Crippen molar-refractivity contribution in [1.29, 1.82) is 0 Å². The number of furan rings is 1. The first-order valence-corrected chi connectivity index (χ1v) is 13.6. The molecule has 1 heterocycles. The Morgan fingerprint density at radius 1 is 1.03 bits per heavy atom. The van der Waals surface area contributed by atoms with E-state index in [0.29, 0.717) is 31.2 Å². The van der Waals surface area contributed by atoms with Gasteiger partial charge in [0.1, 0.15) is 18.1 Å². The van der Waals surface area contributed by atoms with Gasteiger partial charge in [0.15, 0.2) is 8.32 Å². The number of aliphatic hydroxyl groups excluding tert-OH is 2. The molecular weight excluding hydrogens is 396 g/mol. The zero-order valence-electron chi connectivity index (χ0n) is 19.2. The maximum atomic E-state index is 10.9. The predicted molar refractivity (Wildman–Crippen MR) is 122 cm³/mol. The molecule has 0 unspecified atom stereocenters. The van der Waals surface area contributed by atoms with Crippen molar-refractivity contribution in [2.45, 2.75) is 77.7 Å². The largest absolute Gasteiger partial charge is 0.464 e. The highest BCUT2D eigenvalue weighted by Gasteiger charge is 2.41. The molecule has 3 atom stereocenters. The predicted octanol–water partition coefficient (Wildman–Crippen LogP) is 4.92. The number of ether oxygens (including phenoxy) is 1. The lowest BCUT2D eigenvalue weighted by Crippen LogP contribution is -2.48. The number of hydrogen-bond donors (Lipinski definition) is 2. The standard InChI is InChI=1S/C24H38O5Si/c1-18(22(26)14-20-12-13-21(15-25)28-20)23(29-30(5,6)24(2,3)4)17-27-16-19-10-8-7-9-11-19/h7-13,18,22-23,25-26H,14-17H2,1-6H3/t18-,22+,23-/m1/s1. The lowest BCUT2D eigenvalue weighted by molar-refractivity contribution is -0.0296. The maximum absolute atomic E-state index is 10.9. The van der Waals surface area contributed by atoms with Gasteiger partial charge in [0, 0.05) is 12.3 Å². The Labute approximate surface area is 182 Å². The first-order valence-electron chi connectivity index (χ1n) is 10.7. The van der Waals surface area contributed by atoms with Crippen LogP contribution in [0.4, 0.5) is 0 Å². The highest BCUT2D eigenvalue weighted by Crippen LogP contribution is 2.38. The van der Waals surface area contributed by atoms with Crippen molar-refractivity contribution in [3.8, 4) is 0 Å². The summed E-state index contributed by atoms with van der Waals surface area (Å²) >= 11 is 0. The minimum atomic E-state index is -2.05. The molecule has 2 aromatic rings. The molecule has 0 saturated carbocycles. The van der Waals surface area contributed by atoms with Crippen molar-refractivity contribution in [2.24, 2.45) is 5.92 Å². The normalized spacial score (nSPS) is 15.7. The van der Waals surface area contributed by atoms with Crippen molar-refractivity contribution < 1.29 is 23.8 Å². The average Bonchev–Trinajstić information content (AvgIpc) is 3.14. The quantitative estimate of drug-likeness (QED) is 0.491. The van der Waals surface area contributed by atoms with Crippen LogP contribution in [0.25, 0.3) is 0 Å². The second kappa shape index (κ2) is 10.7. The smallest absolute Gasteiger partial charge is 0.192 e. The molecule has 0 aliphatic heterocycles. The van der Waals surface area contributed by atoms with Crippen LogP contribution in [-0.2, 0) is 28.8 Å². The molecule has 0 fully saturated rings. The molecule has 0 bridgehead atoms. The van der Waals surface area contributed by atoms with Gasteiger partial charge in [0.2, 0.25) is 0 Å². The van der Waals surface area contributed by atoms with Crippen LogP contribution in [0.3, 0.4) is 0 Å². The summed E-state index contributed by atoms with van der Waals surface area (Å²) in [7, 11) is -2.05. The van der Waals surface area contributed by atoms with Gasteiger partial charge in [-0.15, -0.1) is 0 Å². The topological polar surface area (TPSA) is 72.1 Å². The molecule has 1 aromatic heterocycles. The lowest BCUT2D eigenvalue weighted by Gasteiger charge is -2.41. The molecule has 0 radical (unpaired) electrons. The van der Waals surface area contributed by atoms with Gasteiger partial charge in [-0.3, -0.25) is 0 Å². The summed E-state index contributed by atoms with van der Waals surface area (Å²) in [5.41, 5.74) is 1.11. The minimum absolute atomic E-state index is 0.0619. The molecule has 168 valence electrons. The van der Waals surface area contributed by atoms with E-state index in [4.69, 9.17) is 13.6 Å². The van der Waals surface area contributed by atoms with Crippen LogP contribution >= 0.6 is 0 Å². The summed E-state index contributed by atoms with van der Waals surface area (Å²) in [6, 6.07) is 13.6. The van der Waals surface area contributed by atoms with E-state index in [1.807, 2.05) is 37.3 Å². The number of rotatable bonds is 11. The van der Waals surface area contributed by atoms with Gasteiger partial charge in [-0.25, -0.2) is 0 Å². The van der Waals surface area contributed by atoms with Gasteiger partial charge < -0.3 is 23.8 Å². The molecule has 6 heteroatoms. The van der Waals surface area contributed by atoms with E-state index in [9.17, 15) is 10.2 Å². The Balaban J connectivity index is 2.07. The second-order valence-electron chi connectivity index (χ2n) is 9.57. The van der Waals surface area contributed by atoms with Crippen molar-refractivity contribution in [3.05, 3.63) is 59.5 Å². The summed E-state index contributed by atoms with van der Waals surface area (Å²) in [5.74, 6) is 1.03. The maximum Gasteiger partial charge on any atom is 0.192 e. The molecule has 30 heavy (non-hydrogen) atoms. The number of hydrogen-bond acceptors (Lipinski definition) is 5.